The molecule has 7 heteroatoms. The Balaban J connectivity index is 1.47. The number of likely N-dealkylation sites (tertiary alicyclic amines) is 1. The molecule has 2 heterocycles. The van der Waals surface area contributed by atoms with Crippen molar-refractivity contribution in [3.63, 3.8) is 0 Å². The van der Waals surface area contributed by atoms with Crippen molar-refractivity contribution in [2.75, 3.05) is 12.3 Å². The average Bonchev–Trinajstić information content (AvgIpc) is 2.82. The second-order valence-electron chi connectivity index (χ2n) is 8.82. The van der Waals surface area contributed by atoms with E-state index in [-0.39, 0.29) is 11.8 Å². The van der Waals surface area contributed by atoms with Gasteiger partial charge in [0.2, 0.25) is 11.8 Å². The lowest BCUT2D eigenvalue weighted by Gasteiger charge is -2.41. The van der Waals surface area contributed by atoms with E-state index in [1.165, 1.54) is 16.3 Å². The van der Waals surface area contributed by atoms with Gasteiger partial charge in [-0.05, 0) is 60.6 Å². The first-order chi connectivity index (χ1) is 15.8. The van der Waals surface area contributed by atoms with Crippen LogP contribution in [0.2, 0.25) is 0 Å². The number of piperidine rings is 1. The quantitative estimate of drug-likeness (QED) is 0.540. The largest absolute Gasteiger partial charge is 0.384 e. The van der Waals surface area contributed by atoms with Crippen molar-refractivity contribution in [3.8, 4) is 0 Å². The highest BCUT2D eigenvalue weighted by Crippen LogP contribution is 2.36. The number of nitrogens with two attached hydrogens (primary N) is 2. The normalized spacial score (nSPS) is 19.8. The first kappa shape index (κ1) is 22.7. The lowest BCUT2D eigenvalue weighted by atomic mass is 9.82. The minimum absolute atomic E-state index is 0.138. The molecule has 1 aromatic heterocycles. The molecule has 2 aromatic carbocycles. The van der Waals surface area contributed by atoms with Crippen LogP contribution in [-0.4, -0.2) is 40.3 Å². The van der Waals surface area contributed by atoms with Crippen LogP contribution in [0, 0.1) is 6.92 Å². The van der Waals surface area contributed by atoms with Crippen LogP contribution in [0.5, 0.6) is 0 Å². The molecule has 2 amide bonds. The summed E-state index contributed by atoms with van der Waals surface area (Å²) in [5.41, 5.74) is 14.5. The van der Waals surface area contributed by atoms with Crippen LogP contribution in [0.4, 0.5) is 5.82 Å². The van der Waals surface area contributed by atoms with E-state index in [2.05, 4.69) is 40.6 Å². The van der Waals surface area contributed by atoms with Gasteiger partial charge in [-0.25, -0.2) is 4.98 Å². The number of anilines is 1. The number of primary amides is 1. The summed E-state index contributed by atoms with van der Waals surface area (Å²) in [7, 11) is 0. The highest BCUT2D eigenvalue weighted by molar-refractivity contribution is 5.87. The van der Waals surface area contributed by atoms with Crippen molar-refractivity contribution in [2.24, 2.45) is 5.73 Å². The summed E-state index contributed by atoms with van der Waals surface area (Å²) in [5.74, 6) is 0.136. The van der Waals surface area contributed by atoms with E-state index in [1.807, 2.05) is 36.9 Å². The maximum atomic E-state index is 12.9. The van der Waals surface area contributed by atoms with Crippen molar-refractivity contribution in [2.45, 2.75) is 51.2 Å². The van der Waals surface area contributed by atoms with Gasteiger partial charge < -0.3 is 16.8 Å². The van der Waals surface area contributed by atoms with E-state index < -0.39 is 18.0 Å². The van der Waals surface area contributed by atoms with Crippen LogP contribution in [0.25, 0.3) is 10.8 Å². The lowest BCUT2D eigenvalue weighted by Crippen LogP contribution is -2.56. The Morgan fingerprint density at radius 1 is 1.15 bits per heavy atom. The van der Waals surface area contributed by atoms with Gasteiger partial charge in [0, 0.05) is 18.8 Å². The molecular weight excluding hydrogens is 414 g/mol. The van der Waals surface area contributed by atoms with Gasteiger partial charge in [0.1, 0.15) is 5.82 Å². The number of hydrogen-bond donors (Lipinski definition) is 3. The monoisotopic (exact) mass is 445 g/mol. The number of carbonyl (C=O) groups excluding carboxylic acids is 2. The molecule has 3 atom stereocenters. The van der Waals surface area contributed by atoms with Crippen molar-refractivity contribution >= 4 is 28.4 Å². The number of aromatic nitrogens is 1. The molecule has 33 heavy (non-hydrogen) atoms. The third kappa shape index (κ3) is 4.83. The summed E-state index contributed by atoms with van der Waals surface area (Å²) in [6.07, 6.45) is 1.46. The molecule has 0 radical (unpaired) electrons. The predicted octanol–water partition coefficient (Wildman–Crippen LogP) is 2.86. The molecule has 7 nitrogen and oxygen atoms in total. The standard InChI is InChI=1S/C26H31N5O2/c1-16-20(10-11-24(27)30-16)15-29-26(33)17(2)31-13-12-19(14-23(31)25(28)32)22-9-5-7-18-6-3-4-8-21(18)22/h3-11,17,19,23H,12-15H2,1-2H3,(H2,27,30)(H2,28,32)(H,29,33)/t17-,19?,23?/m0/s1. The number of fused-ring (bicyclic) bond motifs is 1. The van der Waals surface area contributed by atoms with Crippen LogP contribution in [0.15, 0.2) is 54.6 Å². The Labute approximate surface area is 194 Å². The zero-order chi connectivity index (χ0) is 23.5. The molecule has 0 saturated carbocycles. The lowest BCUT2D eigenvalue weighted by molar-refractivity contribution is -0.132. The Morgan fingerprint density at radius 3 is 2.67 bits per heavy atom. The van der Waals surface area contributed by atoms with Gasteiger partial charge in [-0.2, -0.15) is 0 Å². The predicted molar refractivity (Wildman–Crippen MR) is 130 cm³/mol. The van der Waals surface area contributed by atoms with Crippen LogP contribution >= 0.6 is 0 Å². The summed E-state index contributed by atoms with van der Waals surface area (Å²) < 4.78 is 0. The first-order valence-electron chi connectivity index (χ1n) is 11.4. The molecule has 4 rings (SSSR count). The molecule has 1 aliphatic rings. The smallest absolute Gasteiger partial charge is 0.237 e. The molecule has 5 N–H and O–H groups in total. The maximum absolute atomic E-state index is 12.9. The number of carbonyl (C=O) groups is 2. The number of pyridine rings is 1. The Morgan fingerprint density at radius 2 is 1.91 bits per heavy atom. The number of nitrogens with one attached hydrogen (secondary N) is 1. The number of aryl methyl sites for hydroxylation is 1. The van der Waals surface area contributed by atoms with Crippen LogP contribution in [0.1, 0.15) is 42.5 Å². The van der Waals surface area contributed by atoms with Crippen LogP contribution in [-0.2, 0) is 16.1 Å². The maximum Gasteiger partial charge on any atom is 0.237 e. The fraction of sp³-hybridized carbons (Fsp3) is 0.346. The summed E-state index contributed by atoms with van der Waals surface area (Å²) >= 11 is 0. The van der Waals surface area contributed by atoms with Gasteiger partial charge in [-0.15, -0.1) is 0 Å². The van der Waals surface area contributed by atoms with Crippen LogP contribution in [0.3, 0.4) is 0 Å². The fourth-order valence-electron chi connectivity index (χ4n) is 4.89. The highest BCUT2D eigenvalue weighted by atomic mass is 16.2. The number of nitrogen functional groups attached to an aromatic ring is 1. The second kappa shape index (κ2) is 9.58. The van der Waals surface area contributed by atoms with E-state index in [0.29, 0.717) is 25.3 Å². The van der Waals surface area contributed by atoms with Crippen molar-refractivity contribution in [1.82, 2.24) is 15.2 Å². The van der Waals surface area contributed by atoms with Crippen molar-refractivity contribution in [1.29, 1.82) is 0 Å². The SMILES string of the molecule is Cc1nc(N)ccc1CNC(=O)[C@H](C)N1CCC(c2cccc3ccccc23)CC1C(N)=O. The third-order valence-electron chi connectivity index (χ3n) is 6.78. The molecule has 2 unspecified atom stereocenters. The zero-order valence-corrected chi connectivity index (χ0v) is 19.1. The van der Waals surface area contributed by atoms with E-state index >= 15 is 0 Å². The highest BCUT2D eigenvalue weighted by Gasteiger charge is 2.37. The number of rotatable bonds is 6. The number of nitrogens with zero attached hydrogens (tertiary/aromatic N) is 2. The molecule has 0 spiro atoms. The van der Waals surface area contributed by atoms with Gasteiger partial charge in [0.05, 0.1) is 12.1 Å². The van der Waals surface area contributed by atoms with Gasteiger partial charge in [0.25, 0.3) is 0 Å². The first-order valence-corrected chi connectivity index (χ1v) is 11.4. The summed E-state index contributed by atoms with van der Waals surface area (Å²) in [4.78, 5) is 31.5. The third-order valence-corrected chi connectivity index (χ3v) is 6.78. The van der Waals surface area contributed by atoms with Gasteiger partial charge in [-0.3, -0.25) is 14.5 Å². The fourth-order valence-corrected chi connectivity index (χ4v) is 4.89. The zero-order valence-electron chi connectivity index (χ0n) is 19.1. The van der Waals surface area contributed by atoms with Crippen molar-refractivity contribution < 1.29 is 9.59 Å². The number of benzene rings is 2. The summed E-state index contributed by atoms with van der Waals surface area (Å²) in [5, 5.41) is 5.37. The van der Waals surface area contributed by atoms with Crippen LogP contribution < -0.4 is 16.8 Å². The molecule has 0 aliphatic carbocycles. The van der Waals surface area contributed by atoms with E-state index in [9.17, 15) is 9.59 Å². The molecule has 1 saturated heterocycles. The topological polar surface area (TPSA) is 114 Å². The Hall–Kier alpha value is -3.45. The summed E-state index contributed by atoms with van der Waals surface area (Å²) in [6.45, 7) is 4.68. The summed E-state index contributed by atoms with van der Waals surface area (Å²) in [6, 6.07) is 17.2. The molecule has 1 fully saturated rings. The van der Waals surface area contributed by atoms with E-state index in [4.69, 9.17) is 11.5 Å². The minimum Gasteiger partial charge on any atom is -0.384 e. The second-order valence-corrected chi connectivity index (χ2v) is 8.82. The molecule has 3 aromatic rings. The van der Waals surface area contributed by atoms with E-state index in [1.54, 1.807) is 6.07 Å². The molecule has 1 aliphatic heterocycles. The number of amides is 2. The molecule has 0 bridgehead atoms. The Kier molecular flexibility index (Phi) is 6.60. The van der Waals surface area contributed by atoms with Gasteiger partial charge >= 0.3 is 0 Å². The molecule has 172 valence electrons. The van der Waals surface area contributed by atoms with Crippen molar-refractivity contribution in [3.05, 3.63) is 71.4 Å². The molecular formula is C26H31N5O2. The van der Waals surface area contributed by atoms with E-state index in [0.717, 1.165) is 17.7 Å². The Bertz CT molecular complexity index is 1170. The van der Waals surface area contributed by atoms with Gasteiger partial charge in [0.15, 0.2) is 0 Å². The number of hydrogen-bond acceptors (Lipinski definition) is 5. The average molecular weight is 446 g/mol. The van der Waals surface area contributed by atoms with Gasteiger partial charge in [-0.1, -0.05) is 48.5 Å². The minimum atomic E-state index is -0.497.